The molecule has 8 nitrogen and oxygen atoms in total. The van der Waals surface area contributed by atoms with Gasteiger partial charge in [-0.2, -0.15) is 0 Å². The minimum Gasteiger partial charge on any atom is -0.464 e. The van der Waals surface area contributed by atoms with Crippen LogP contribution in [0.2, 0.25) is 5.02 Å². The molecular formula is C11H12ClN3O5. The summed E-state index contributed by atoms with van der Waals surface area (Å²) < 4.78 is 4.59. The quantitative estimate of drug-likeness (QED) is 0.363. The van der Waals surface area contributed by atoms with E-state index in [0.717, 1.165) is 6.07 Å². The van der Waals surface area contributed by atoms with Crippen LogP contribution in [0.25, 0.3) is 0 Å². The number of esters is 1. The van der Waals surface area contributed by atoms with E-state index in [1.165, 1.54) is 12.1 Å². The van der Waals surface area contributed by atoms with Gasteiger partial charge in [0.2, 0.25) is 0 Å². The fourth-order valence-corrected chi connectivity index (χ4v) is 1.44. The molecule has 20 heavy (non-hydrogen) atoms. The molecule has 1 atom stereocenters. The standard InChI is InChI=1S/C11H12ClN3O5/c1-2-20-11(17)9(13)10(16)14-8-5-6(15(18)19)3-4-7(8)12/h3-5,9H,2,13H2,1H3,(H,14,16). The zero-order chi connectivity index (χ0) is 15.3. The van der Waals surface area contributed by atoms with E-state index in [1.54, 1.807) is 6.92 Å². The molecule has 9 heteroatoms. The number of ether oxygens (including phenoxy) is 1. The Labute approximate surface area is 119 Å². The van der Waals surface area contributed by atoms with Crippen molar-refractivity contribution in [2.75, 3.05) is 11.9 Å². The van der Waals surface area contributed by atoms with Gasteiger partial charge in [0.25, 0.3) is 11.6 Å². The van der Waals surface area contributed by atoms with Gasteiger partial charge in [0, 0.05) is 12.1 Å². The molecule has 0 radical (unpaired) electrons. The Morgan fingerprint density at radius 2 is 2.20 bits per heavy atom. The average Bonchev–Trinajstić information content (AvgIpc) is 2.40. The average molecular weight is 302 g/mol. The fourth-order valence-electron chi connectivity index (χ4n) is 1.27. The molecule has 0 saturated carbocycles. The lowest BCUT2D eigenvalue weighted by molar-refractivity contribution is -0.384. The first-order valence-corrected chi connectivity index (χ1v) is 5.91. The summed E-state index contributed by atoms with van der Waals surface area (Å²) in [6.07, 6.45) is 0. The topological polar surface area (TPSA) is 125 Å². The van der Waals surface area contributed by atoms with Crippen LogP contribution < -0.4 is 11.1 Å². The highest BCUT2D eigenvalue weighted by molar-refractivity contribution is 6.34. The van der Waals surface area contributed by atoms with Gasteiger partial charge in [0.15, 0.2) is 6.04 Å². The maximum Gasteiger partial charge on any atom is 0.332 e. The van der Waals surface area contributed by atoms with Gasteiger partial charge in [-0.3, -0.25) is 14.9 Å². The number of nitrogens with zero attached hydrogens (tertiary/aromatic N) is 1. The second-order valence-corrected chi connectivity index (χ2v) is 4.05. The third-order valence-corrected chi connectivity index (χ3v) is 2.57. The number of anilines is 1. The zero-order valence-corrected chi connectivity index (χ0v) is 11.2. The number of rotatable bonds is 5. The Hall–Kier alpha value is -2.19. The fraction of sp³-hybridized carbons (Fsp3) is 0.273. The van der Waals surface area contributed by atoms with Crippen LogP contribution in [-0.4, -0.2) is 29.4 Å². The van der Waals surface area contributed by atoms with Crippen molar-refractivity contribution in [2.45, 2.75) is 13.0 Å². The maximum absolute atomic E-state index is 11.7. The summed E-state index contributed by atoms with van der Waals surface area (Å²) in [6.45, 7) is 1.65. The van der Waals surface area contributed by atoms with Gasteiger partial charge in [0.1, 0.15) is 0 Å². The van der Waals surface area contributed by atoms with Gasteiger partial charge in [-0.05, 0) is 13.0 Å². The molecule has 0 aliphatic heterocycles. The highest BCUT2D eigenvalue weighted by Crippen LogP contribution is 2.26. The number of benzene rings is 1. The number of nitro benzene ring substituents is 1. The van der Waals surface area contributed by atoms with Gasteiger partial charge < -0.3 is 15.8 Å². The van der Waals surface area contributed by atoms with Crippen molar-refractivity contribution in [3.8, 4) is 0 Å². The molecule has 1 unspecified atom stereocenters. The highest BCUT2D eigenvalue weighted by atomic mass is 35.5. The Morgan fingerprint density at radius 1 is 1.55 bits per heavy atom. The van der Waals surface area contributed by atoms with Crippen LogP contribution in [0.3, 0.4) is 0 Å². The molecule has 0 aliphatic carbocycles. The SMILES string of the molecule is CCOC(=O)C(N)C(=O)Nc1cc([N+](=O)[O-])ccc1Cl. The number of halogens is 1. The number of carbonyl (C=O) groups is 2. The van der Waals surface area contributed by atoms with Crippen LogP contribution in [0.1, 0.15) is 6.92 Å². The van der Waals surface area contributed by atoms with Gasteiger partial charge in [-0.1, -0.05) is 11.6 Å². The first-order chi connectivity index (χ1) is 9.36. The van der Waals surface area contributed by atoms with E-state index < -0.39 is 22.8 Å². The predicted octanol–water partition coefficient (Wildman–Crippen LogP) is 1.08. The monoisotopic (exact) mass is 301 g/mol. The summed E-state index contributed by atoms with van der Waals surface area (Å²) in [7, 11) is 0. The van der Waals surface area contributed by atoms with Crippen LogP contribution >= 0.6 is 11.6 Å². The van der Waals surface area contributed by atoms with E-state index in [-0.39, 0.29) is 23.0 Å². The van der Waals surface area contributed by atoms with Crippen molar-refractivity contribution in [3.05, 3.63) is 33.3 Å². The van der Waals surface area contributed by atoms with Crippen LogP contribution in [0, 0.1) is 10.1 Å². The molecule has 3 N–H and O–H groups in total. The minimum absolute atomic E-state index is 0.00869. The van der Waals surface area contributed by atoms with Crippen molar-refractivity contribution in [2.24, 2.45) is 5.73 Å². The Kier molecular flexibility index (Phi) is 5.42. The number of nitro groups is 1. The molecular weight excluding hydrogens is 290 g/mol. The summed E-state index contributed by atoms with van der Waals surface area (Å²) in [4.78, 5) is 33.0. The molecule has 0 spiro atoms. The summed E-state index contributed by atoms with van der Waals surface area (Å²) in [5.74, 6) is -1.77. The molecule has 0 aromatic heterocycles. The number of nitrogens with two attached hydrogens (primary N) is 1. The molecule has 0 fully saturated rings. The van der Waals surface area contributed by atoms with E-state index in [2.05, 4.69) is 10.1 Å². The molecule has 1 aromatic carbocycles. The van der Waals surface area contributed by atoms with Crippen LogP contribution in [-0.2, 0) is 14.3 Å². The normalized spacial score (nSPS) is 11.6. The van der Waals surface area contributed by atoms with E-state index >= 15 is 0 Å². The molecule has 0 bridgehead atoms. The zero-order valence-electron chi connectivity index (χ0n) is 10.5. The van der Waals surface area contributed by atoms with Crippen molar-refractivity contribution in [1.29, 1.82) is 0 Å². The second kappa shape index (κ2) is 6.83. The molecule has 1 aromatic rings. The lowest BCUT2D eigenvalue weighted by Crippen LogP contribution is -2.43. The number of nitrogens with one attached hydrogen (secondary N) is 1. The molecule has 0 heterocycles. The Bertz CT molecular complexity index is 549. The first kappa shape index (κ1) is 15.9. The minimum atomic E-state index is -1.54. The van der Waals surface area contributed by atoms with Crippen molar-refractivity contribution in [1.82, 2.24) is 0 Å². The summed E-state index contributed by atoms with van der Waals surface area (Å²) >= 11 is 5.80. The summed E-state index contributed by atoms with van der Waals surface area (Å²) in [5.41, 5.74) is 5.12. The first-order valence-electron chi connectivity index (χ1n) is 5.53. The lowest BCUT2D eigenvalue weighted by Gasteiger charge is -2.12. The van der Waals surface area contributed by atoms with Crippen molar-refractivity contribution < 1.29 is 19.2 Å². The third kappa shape index (κ3) is 3.90. The summed E-state index contributed by atoms with van der Waals surface area (Å²) in [5, 5.41) is 13.0. The number of carbonyl (C=O) groups excluding carboxylic acids is 2. The van der Waals surface area contributed by atoms with Crippen molar-refractivity contribution in [3.63, 3.8) is 0 Å². The number of hydrogen-bond donors (Lipinski definition) is 2. The van der Waals surface area contributed by atoms with E-state index in [4.69, 9.17) is 17.3 Å². The molecule has 1 amide bonds. The summed E-state index contributed by atoms with van der Waals surface area (Å²) in [6, 6.07) is 1.97. The molecule has 0 aliphatic rings. The maximum atomic E-state index is 11.7. The van der Waals surface area contributed by atoms with Crippen molar-refractivity contribution >= 4 is 34.9 Å². The largest absolute Gasteiger partial charge is 0.464 e. The third-order valence-electron chi connectivity index (χ3n) is 2.24. The Morgan fingerprint density at radius 3 is 2.75 bits per heavy atom. The van der Waals surface area contributed by atoms with E-state index in [1.807, 2.05) is 0 Å². The van der Waals surface area contributed by atoms with E-state index in [0.29, 0.717) is 0 Å². The van der Waals surface area contributed by atoms with Gasteiger partial charge in [0.05, 0.1) is 22.2 Å². The molecule has 108 valence electrons. The number of hydrogen-bond acceptors (Lipinski definition) is 6. The van der Waals surface area contributed by atoms with Crippen LogP contribution in [0.5, 0.6) is 0 Å². The van der Waals surface area contributed by atoms with Gasteiger partial charge in [-0.25, -0.2) is 4.79 Å². The Balaban J connectivity index is 2.87. The van der Waals surface area contributed by atoms with Crippen LogP contribution in [0.15, 0.2) is 18.2 Å². The van der Waals surface area contributed by atoms with Gasteiger partial charge in [-0.15, -0.1) is 0 Å². The van der Waals surface area contributed by atoms with Crippen LogP contribution in [0.4, 0.5) is 11.4 Å². The van der Waals surface area contributed by atoms with Gasteiger partial charge >= 0.3 is 5.97 Å². The lowest BCUT2D eigenvalue weighted by atomic mass is 10.2. The second-order valence-electron chi connectivity index (χ2n) is 3.64. The number of non-ortho nitro benzene ring substituents is 1. The molecule has 1 rings (SSSR count). The van der Waals surface area contributed by atoms with E-state index in [9.17, 15) is 19.7 Å². The smallest absolute Gasteiger partial charge is 0.332 e. The highest BCUT2D eigenvalue weighted by Gasteiger charge is 2.24. The number of amides is 1. The molecule has 0 saturated heterocycles. The predicted molar refractivity (Wildman–Crippen MR) is 71.3 cm³/mol.